The maximum absolute atomic E-state index is 13.8. The first-order chi connectivity index (χ1) is 11.6. The van der Waals surface area contributed by atoms with Gasteiger partial charge in [0.15, 0.2) is 0 Å². The van der Waals surface area contributed by atoms with Crippen LogP contribution >= 0.6 is 0 Å². The Morgan fingerprint density at radius 3 is 2.54 bits per heavy atom. The lowest BCUT2D eigenvalue weighted by molar-refractivity contribution is 0.623. The van der Waals surface area contributed by atoms with Crippen molar-refractivity contribution in [3.63, 3.8) is 0 Å². The molecule has 24 heavy (non-hydrogen) atoms. The lowest BCUT2D eigenvalue weighted by Crippen LogP contribution is -2.17. The number of aryl methyl sites for hydroxylation is 1. The third kappa shape index (κ3) is 2.97. The number of nitrogens with one attached hydrogen (secondary N) is 1. The molecule has 0 aliphatic carbocycles. The van der Waals surface area contributed by atoms with Crippen LogP contribution in [0, 0.1) is 23.0 Å². The summed E-state index contributed by atoms with van der Waals surface area (Å²) in [6.45, 7) is 0. The molecule has 1 N–H and O–H groups in total. The minimum absolute atomic E-state index is 0.0705. The predicted octanol–water partition coefficient (Wildman–Crippen LogP) is 3.77. The van der Waals surface area contributed by atoms with E-state index in [2.05, 4.69) is 10.3 Å². The largest absolute Gasteiger partial charge is 0.370 e. The normalized spacial score (nSPS) is 11.8. The molecule has 4 nitrogen and oxygen atoms in total. The van der Waals surface area contributed by atoms with Crippen molar-refractivity contribution in [2.24, 2.45) is 7.05 Å². The first-order valence-electron chi connectivity index (χ1n) is 7.28. The highest BCUT2D eigenvalue weighted by molar-refractivity contribution is 5.59. The van der Waals surface area contributed by atoms with Gasteiger partial charge in [0.25, 0.3) is 0 Å². The number of rotatable bonds is 4. The van der Waals surface area contributed by atoms with Crippen LogP contribution in [-0.4, -0.2) is 9.55 Å². The van der Waals surface area contributed by atoms with Gasteiger partial charge in [-0.15, -0.1) is 0 Å². The highest BCUT2D eigenvalue weighted by atomic mass is 19.1. The van der Waals surface area contributed by atoms with E-state index in [1.807, 2.05) is 17.7 Å². The van der Waals surface area contributed by atoms with Crippen LogP contribution < -0.4 is 5.32 Å². The summed E-state index contributed by atoms with van der Waals surface area (Å²) in [5.41, 5.74) is 1.03. The summed E-state index contributed by atoms with van der Waals surface area (Å²) < 4.78 is 28.9. The van der Waals surface area contributed by atoms with Crippen LogP contribution in [0.1, 0.15) is 23.0 Å². The standard InChI is InChI=1S/C18H14F2N4/c1-24-10-9-22-18(24)17(12-5-7-13(19)8-6-12)23-16-4-2-3-15(20)14(16)11-21/h2-10,17,23H,1H3/t17-/m1/s1. The molecule has 0 saturated heterocycles. The maximum atomic E-state index is 13.8. The molecule has 1 heterocycles. The summed E-state index contributed by atoms with van der Waals surface area (Å²) in [5, 5.41) is 12.4. The van der Waals surface area contributed by atoms with Gasteiger partial charge in [-0.1, -0.05) is 18.2 Å². The Hall–Kier alpha value is -3.20. The summed E-state index contributed by atoms with van der Waals surface area (Å²) in [6, 6.07) is 11.8. The van der Waals surface area contributed by atoms with Gasteiger partial charge in [-0.3, -0.25) is 0 Å². The fraction of sp³-hybridized carbons (Fsp3) is 0.111. The van der Waals surface area contributed by atoms with E-state index in [0.717, 1.165) is 5.56 Å². The lowest BCUT2D eigenvalue weighted by atomic mass is 10.0. The Labute approximate surface area is 138 Å². The fourth-order valence-corrected chi connectivity index (χ4v) is 2.52. The van der Waals surface area contributed by atoms with E-state index in [1.165, 1.54) is 24.3 Å². The second-order valence-corrected chi connectivity index (χ2v) is 5.30. The minimum Gasteiger partial charge on any atom is -0.370 e. The molecular weight excluding hydrogens is 310 g/mol. The second-order valence-electron chi connectivity index (χ2n) is 5.30. The quantitative estimate of drug-likeness (QED) is 0.795. The molecule has 0 fully saturated rings. The van der Waals surface area contributed by atoms with E-state index in [1.54, 1.807) is 30.6 Å². The van der Waals surface area contributed by atoms with E-state index in [9.17, 15) is 14.0 Å². The molecule has 3 aromatic rings. The zero-order valence-corrected chi connectivity index (χ0v) is 12.9. The van der Waals surface area contributed by atoms with Gasteiger partial charge in [0.1, 0.15) is 35.1 Å². The average molecular weight is 324 g/mol. The van der Waals surface area contributed by atoms with Crippen molar-refractivity contribution in [2.75, 3.05) is 5.32 Å². The van der Waals surface area contributed by atoms with E-state index < -0.39 is 11.9 Å². The summed E-state index contributed by atoms with van der Waals surface area (Å²) in [6.07, 6.45) is 3.43. The van der Waals surface area contributed by atoms with Crippen LogP contribution in [-0.2, 0) is 7.05 Å². The topological polar surface area (TPSA) is 53.6 Å². The molecule has 120 valence electrons. The highest BCUT2D eigenvalue weighted by Gasteiger charge is 2.20. The molecular formula is C18H14F2N4. The molecule has 0 aliphatic rings. The molecule has 3 rings (SSSR count). The molecule has 0 spiro atoms. The molecule has 0 unspecified atom stereocenters. The number of nitrogens with zero attached hydrogens (tertiary/aromatic N) is 3. The van der Waals surface area contributed by atoms with Gasteiger partial charge in [-0.2, -0.15) is 5.26 Å². The van der Waals surface area contributed by atoms with Crippen LogP contribution in [0.2, 0.25) is 0 Å². The molecule has 1 atom stereocenters. The third-order valence-corrected chi connectivity index (χ3v) is 3.75. The Morgan fingerprint density at radius 1 is 1.17 bits per heavy atom. The van der Waals surface area contributed by atoms with Gasteiger partial charge >= 0.3 is 0 Å². The summed E-state index contributed by atoms with van der Waals surface area (Å²) in [4.78, 5) is 4.32. The molecule has 0 bridgehead atoms. The fourth-order valence-electron chi connectivity index (χ4n) is 2.52. The molecule has 0 saturated carbocycles. The SMILES string of the molecule is Cn1ccnc1[C@H](Nc1cccc(F)c1C#N)c1ccc(F)cc1. The maximum Gasteiger partial charge on any atom is 0.143 e. The number of benzene rings is 2. The number of halogens is 2. The van der Waals surface area contributed by atoms with Crippen molar-refractivity contribution in [3.8, 4) is 6.07 Å². The second kappa shape index (κ2) is 6.50. The van der Waals surface area contributed by atoms with Crippen LogP contribution in [0.4, 0.5) is 14.5 Å². The van der Waals surface area contributed by atoms with Gasteiger partial charge in [-0.25, -0.2) is 13.8 Å². The van der Waals surface area contributed by atoms with Gasteiger partial charge < -0.3 is 9.88 Å². The zero-order valence-electron chi connectivity index (χ0n) is 12.9. The highest BCUT2D eigenvalue weighted by Crippen LogP contribution is 2.28. The van der Waals surface area contributed by atoms with Gasteiger partial charge in [-0.05, 0) is 29.8 Å². The monoisotopic (exact) mass is 324 g/mol. The van der Waals surface area contributed by atoms with E-state index >= 15 is 0 Å². The first-order valence-corrected chi connectivity index (χ1v) is 7.28. The molecule has 0 aliphatic heterocycles. The van der Waals surface area contributed by atoms with Crippen LogP contribution in [0.15, 0.2) is 54.9 Å². The summed E-state index contributed by atoms with van der Waals surface area (Å²) in [7, 11) is 1.83. The predicted molar refractivity (Wildman–Crippen MR) is 86.2 cm³/mol. The molecule has 1 aromatic heterocycles. The van der Waals surface area contributed by atoms with Gasteiger partial charge in [0.2, 0.25) is 0 Å². The number of aromatic nitrogens is 2. The van der Waals surface area contributed by atoms with Gasteiger partial charge in [0.05, 0.1) is 5.69 Å². The number of anilines is 1. The Morgan fingerprint density at radius 2 is 1.92 bits per heavy atom. The van der Waals surface area contributed by atoms with Gasteiger partial charge in [0, 0.05) is 19.4 Å². The van der Waals surface area contributed by atoms with Crippen molar-refractivity contribution >= 4 is 5.69 Å². The van der Waals surface area contributed by atoms with Crippen LogP contribution in [0.3, 0.4) is 0 Å². The molecule has 0 radical (unpaired) electrons. The Balaban J connectivity index is 2.07. The number of imidazole rings is 1. The number of hydrogen-bond acceptors (Lipinski definition) is 3. The van der Waals surface area contributed by atoms with Crippen molar-refractivity contribution in [3.05, 3.63) is 83.4 Å². The van der Waals surface area contributed by atoms with E-state index in [-0.39, 0.29) is 11.4 Å². The van der Waals surface area contributed by atoms with Crippen LogP contribution in [0.25, 0.3) is 0 Å². The third-order valence-electron chi connectivity index (χ3n) is 3.75. The van der Waals surface area contributed by atoms with E-state index in [4.69, 9.17) is 0 Å². The zero-order chi connectivity index (χ0) is 17.1. The van der Waals surface area contributed by atoms with Crippen molar-refractivity contribution in [2.45, 2.75) is 6.04 Å². The Kier molecular flexibility index (Phi) is 4.25. The summed E-state index contributed by atoms with van der Waals surface area (Å²) in [5.74, 6) is -0.282. The average Bonchev–Trinajstić information content (AvgIpc) is 2.99. The van der Waals surface area contributed by atoms with Crippen LogP contribution in [0.5, 0.6) is 0 Å². The molecule has 0 amide bonds. The van der Waals surface area contributed by atoms with Crippen molar-refractivity contribution in [1.29, 1.82) is 5.26 Å². The summed E-state index contributed by atoms with van der Waals surface area (Å²) >= 11 is 0. The lowest BCUT2D eigenvalue weighted by Gasteiger charge is -2.21. The number of nitriles is 1. The van der Waals surface area contributed by atoms with Crippen molar-refractivity contribution < 1.29 is 8.78 Å². The molecule has 6 heteroatoms. The van der Waals surface area contributed by atoms with Crippen molar-refractivity contribution in [1.82, 2.24) is 9.55 Å². The minimum atomic E-state index is -0.597. The Bertz CT molecular complexity index is 894. The smallest absolute Gasteiger partial charge is 0.143 e. The number of hydrogen-bond donors (Lipinski definition) is 1. The molecule has 2 aromatic carbocycles. The van der Waals surface area contributed by atoms with E-state index in [0.29, 0.717) is 11.5 Å². The first kappa shape index (κ1) is 15.7.